The second-order valence-corrected chi connectivity index (χ2v) is 4.88. The van der Waals surface area contributed by atoms with E-state index in [0.717, 1.165) is 22.4 Å². The fourth-order valence-corrected chi connectivity index (χ4v) is 2.42. The van der Waals surface area contributed by atoms with Gasteiger partial charge in [-0.05, 0) is 30.2 Å². The van der Waals surface area contributed by atoms with Crippen molar-refractivity contribution in [1.29, 1.82) is 0 Å². The third-order valence-electron chi connectivity index (χ3n) is 3.40. The lowest BCUT2D eigenvalue weighted by molar-refractivity contribution is -0.114. The Hall–Kier alpha value is -2.61. The van der Waals surface area contributed by atoms with Crippen molar-refractivity contribution in [2.75, 3.05) is 4.90 Å². The van der Waals surface area contributed by atoms with Gasteiger partial charge in [0, 0.05) is 17.3 Å². The molecule has 3 rings (SSSR count). The van der Waals surface area contributed by atoms with Gasteiger partial charge in [-0.15, -0.1) is 0 Å². The minimum absolute atomic E-state index is 0.0819. The average molecular weight is 261 g/mol. The predicted molar refractivity (Wildman–Crippen MR) is 83.2 cm³/mol. The highest BCUT2D eigenvalue weighted by Crippen LogP contribution is 2.36. The van der Waals surface area contributed by atoms with Crippen LogP contribution in [0, 0.1) is 0 Å². The molecule has 1 aliphatic heterocycles. The Morgan fingerprint density at radius 3 is 2.40 bits per heavy atom. The summed E-state index contributed by atoms with van der Waals surface area (Å²) in [5.41, 5.74) is 4.72. The largest absolute Gasteiger partial charge is 0.283 e. The van der Waals surface area contributed by atoms with E-state index in [4.69, 9.17) is 0 Å². The van der Waals surface area contributed by atoms with Gasteiger partial charge in [0.2, 0.25) is 0 Å². The lowest BCUT2D eigenvalue weighted by Gasteiger charge is -2.20. The number of para-hydroxylation sites is 1. The van der Waals surface area contributed by atoms with E-state index >= 15 is 0 Å². The van der Waals surface area contributed by atoms with Gasteiger partial charge in [0.15, 0.2) is 0 Å². The van der Waals surface area contributed by atoms with Crippen molar-refractivity contribution >= 4 is 17.7 Å². The molecule has 1 heterocycles. The second kappa shape index (κ2) is 4.82. The molecule has 0 aromatic heterocycles. The maximum absolute atomic E-state index is 12.3. The van der Waals surface area contributed by atoms with Crippen LogP contribution in [-0.2, 0) is 4.79 Å². The number of benzene rings is 2. The van der Waals surface area contributed by atoms with Crippen molar-refractivity contribution in [2.45, 2.75) is 6.92 Å². The molecule has 2 aromatic rings. The van der Waals surface area contributed by atoms with Gasteiger partial charge in [0.05, 0.1) is 5.69 Å². The van der Waals surface area contributed by atoms with Crippen LogP contribution in [0.5, 0.6) is 0 Å². The first-order chi connectivity index (χ1) is 9.68. The van der Waals surface area contributed by atoms with E-state index in [1.807, 2.05) is 48.7 Å². The Morgan fingerprint density at radius 1 is 1.00 bits per heavy atom. The van der Waals surface area contributed by atoms with E-state index < -0.39 is 0 Å². The molecule has 2 aromatic carbocycles. The summed E-state index contributed by atoms with van der Waals surface area (Å²) < 4.78 is 0. The van der Waals surface area contributed by atoms with Crippen LogP contribution in [0.25, 0.3) is 17.2 Å². The summed E-state index contributed by atoms with van der Waals surface area (Å²) in [7, 11) is 0. The molecule has 0 spiro atoms. The van der Waals surface area contributed by atoms with E-state index in [2.05, 4.69) is 18.7 Å². The lowest BCUT2D eigenvalue weighted by Crippen LogP contribution is -2.25. The Kier molecular flexibility index (Phi) is 2.99. The van der Waals surface area contributed by atoms with Crippen LogP contribution in [0.2, 0.25) is 0 Å². The Bertz CT molecular complexity index is 728. The lowest BCUT2D eigenvalue weighted by atomic mass is 9.99. The van der Waals surface area contributed by atoms with Gasteiger partial charge < -0.3 is 0 Å². The van der Waals surface area contributed by atoms with Crippen LogP contribution < -0.4 is 4.90 Å². The Labute approximate surface area is 118 Å². The molecular weight excluding hydrogens is 246 g/mol. The molecule has 0 unspecified atom stereocenters. The standard InChI is InChI=1S/C18H15NO/c1-13(2)18(20)19-12-11-14-7-3-4-8-15(14)16-9-5-6-10-17(16)19/h3-12H,1H2,2H3. The van der Waals surface area contributed by atoms with Crippen molar-refractivity contribution in [1.82, 2.24) is 0 Å². The zero-order valence-electron chi connectivity index (χ0n) is 11.3. The number of amides is 1. The predicted octanol–water partition coefficient (Wildman–Crippen LogP) is 4.25. The number of anilines is 1. The molecule has 0 saturated carbocycles. The monoisotopic (exact) mass is 261 g/mol. The Morgan fingerprint density at radius 2 is 1.65 bits per heavy atom. The quantitative estimate of drug-likeness (QED) is 0.703. The first-order valence-corrected chi connectivity index (χ1v) is 6.54. The number of hydrogen-bond acceptors (Lipinski definition) is 1. The number of fused-ring (bicyclic) bond motifs is 3. The van der Waals surface area contributed by atoms with Crippen LogP contribution >= 0.6 is 0 Å². The normalized spacial score (nSPS) is 12.3. The first-order valence-electron chi connectivity index (χ1n) is 6.54. The summed E-state index contributed by atoms with van der Waals surface area (Å²) in [6.07, 6.45) is 3.79. The first kappa shape index (κ1) is 12.4. The number of carbonyl (C=O) groups is 1. The minimum Gasteiger partial charge on any atom is -0.283 e. The van der Waals surface area contributed by atoms with Crippen molar-refractivity contribution in [3.05, 3.63) is 72.4 Å². The highest BCUT2D eigenvalue weighted by Gasteiger charge is 2.20. The molecule has 0 aliphatic carbocycles. The molecule has 98 valence electrons. The third kappa shape index (κ3) is 1.95. The SMILES string of the molecule is C=C(C)C(=O)N1C=Cc2ccccc2-c2ccccc21. The van der Waals surface area contributed by atoms with E-state index in [0.29, 0.717) is 5.57 Å². The number of rotatable bonds is 1. The number of nitrogens with zero attached hydrogens (tertiary/aromatic N) is 1. The summed E-state index contributed by atoms with van der Waals surface area (Å²) in [6.45, 7) is 5.49. The van der Waals surface area contributed by atoms with E-state index in [1.165, 1.54) is 0 Å². The zero-order valence-corrected chi connectivity index (χ0v) is 11.3. The van der Waals surface area contributed by atoms with Gasteiger partial charge >= 0.3 is 0 Å². The van der Waals surface area contributed by atoms with Crippen LogP contribution in [-0.4, -0.2) is 5.91 Å². The van der Waals surface area contributed by atoms with E-state index in [-0.39, 0.29) is 5.91 Å². The molecule has 20 heavy (non-hydrogen) atoms. The topological polar surface area (TPSA) is 20.3 Å². The fourth-order valence-electron chi connectivity index (χ4n) is 2.42. The summed E-state index contributed by atoms with van der Waals surface area (Å²) >= 11 is 0. The molecule has 0 atom stereocenters. The Balaban J connectivity index is 2.25. The van der Waals surface area contributed by atoms with Crippen molar-refractivity contribution in [2.24, 2.45) is 0 Å². The molecule has 2 heteroatoms. The van der Waals surface area contributed by atoms with Crippen LogP contribution in [0.4, 0.5) is 5.69 Å². The summed E-state index contributed by atoms with van der Waals surface area (Å²) in [5, 5.41) is 0. The van der Waals surface area contributed by atoms with Gasteiger partial charge in [-0.3, -0.25) is 9.69 Å². The van der Waals surface area contributed by atoms with Gasteiger partial charge in [-0.25, -0.2) is 0 Å². The summed E-state index contributed by atoms with van der Waals surface area (Å²) in [5.74, 6) is -0.0819. The molecular formula is C18H15NO. The molecule has 0 fully saturated rings. The molecule has 0 N–H and O–H groups in total. The molecule has 1 aliphatic rings. The van der Waals surface area contributed by atoms with Gasteiger partial charge in [0.1, 0.15) is 0 Å². The minimum atomic E-state index is -0.0819. The average Bonchev–Trinajstić information content (AvgIpc) is 2.64. The molecule has 0 saturated heterocycles. The van der Waals surface area contributed by atoms with Crippen LogP contribution in [0.15, 0.2) is 66.9 Å². The van der Waals surface area contributed by atoms with E-state index in [9.17, 15) is 4.79 Å². The maximum Gasteiger partial charge on any atom is 0.257 e. The van der Waals surface area contributed by atoms with Gasteiger partial charge in [0.25, 0.3) is 5.91 Å². The highest BCUT2D eigenvalue weighted by molar-refractivity contribution is 6.09. The number of carbonyl (C=O) groups excluding carboxylic acids is 1. The smallest absolute Gasteiger partial charge is 0.257 e. The molecule has 0 bridgehead atoms. The van der Waals surface area contributed by atoms with Crippen LogP contribution in [0.3, 0.4) is 0 Å². The zero-order chi connectivity index (χ0) is 14.1. The van der Waals surface area contributed by atoms with Gasteiger partial charge in [-0.2, -0.15) is 0 Å². The molecule has 1 amide bonds. The second-order valence-electron chi connectivity index (χ2n) is 4.88. The van der Waals surface area contributed by atoms with Crippen molar-refractivity contribution in [3.8, 4) is 11.1 Å². The van der Waals surface area contributed by atoms with Crippen molar-refractivity contribution in [3.63, 3.8) is 0 Å². The highest BCUT2D eigenvalue weighted by atomic mass is 16.2. The van der Waals surface area contributed by atoms with Crippen LogP contribution in [0.1, 0.15) is 12.5 Å². The number of hydrogen-bond donors (Lipinski definition) is 0. The fraction of sp³-hybridized carbons (Fsp3) is 0.0556. The van der Waals surface area contributed by atoms with E-state index in [1.54, 1.807) is 11.8 Å². The summed E-state index contributed by atoms with van der Waals surface area (Å²) in [6, 6.07) is 16.1. The maximum atomic E-state index is 12.3. The third-order valence-corrected chi connectivity index (χ3v) is 3.40. The summed E-state index contributed by atoms with van der Waals surface area (Å²) in [4.78, 5) is 14.0. The molecule has 2 nitrogen and oxygen atoms in total. The van der Waals surface area contributed by atoms with Crippen molar-refractivity contribution < 1.29 is 4.79 Å². The molecule has 0 radical (unpaired) electrons. The van der Waals surface area contributed by atoms with Gasteiger partial charge in [-0.1, -0.05) is 49.0 Å².